The Morgan fingerprint density at radius 2 is 1.38 bits per heavy atom. The summed E-state index contributed by atoms with van der Waals surface area (Å²) in [6.07, 6.45) is 21.8. The fourth-order valence-electron chi connectivity index (χ4n) is 5.42. The molecule has 8 nitrogen and oxygen atoms in total. The molecule has 2 bridgehead atoms. The molecule has 4 atom stereocenters. The summed E-state index contributed by atoms with van der Waals surface area (Å²) in [6.45, 7) is 5.25. The van der Waals surface area contributed by atoms with Crippen LogP contribution in [0.5, 0.6) is 0 Å². The maximum Gasteiger partial charge on any atom is 0.479 e. The van der Waals surface area contributed by atoms with E-state index >= 15 is 0 Å². The lowest BCUT2D eigenvalue weighted by molar-refractivity contribution is -0.941. The Labute approximate surface area is 239 Å². The highest BCUT2D eigenvalue weighted by atomic mass is 31.2. The lowest BCUT2D eigenvalue weighted by Gasteiger charge is -2.47. The zero-order valence-electron chi connectivity index (χ0n) is 25.5. The van der Waals surface area contributed by atoms with E-state index in [1.165, 1.54) is 96.8 Å². The van der Waals surface area contributed by atoms with Gasteiger partial charge in [-0.1, -0.05) is 103 Å². The van der Waals surface area contributed by atoms with Crippen molar-refractivity contribution in [1.82, 2.24) is 0 Å². The number of quaternary nitrogens is 1. The molecular weight excluding hydrogens is 517 g/mol. The minimum Gasteiger partial charge on any atom is -0.458 e. The summed E-state index contributed by atoms with van der Waals surface area (Å²) in [7, 11) is 0.411. The zero-order valence-corrected chi connectivity index (χ0v) is 26.4. The molecule has 230 valence electrons. The van der Waals surface area contributed by atoms with Crippen molar-refractivity contribution < 1.29 is 36.9 Å². The number of hydrogen-bond donors (Lipinski definition) is 0. The van der Waals surface area contributed by atoms with E-state index in [2.05, 4.69) is 21.0 Å². The molecule has 0 spiro atoms. The van der Waals surface area contributed by atoms with E-state index in [4.69, 9.17) is 23.0 Å². The van der Waals surface area contributed by atoms with Crippen LogP contribution >= 0.6 is 7.82 Å². The number of phosphoric acid groups is 1. The van der Waals surface area contributed by atoms with Crippen LogP contribution in [0.1, 0.15) is 129 Å². The molecule has 2 aliphatic heterocycles. The summed E-state index contributed by atoms with van der Waals surface area (Å²) in [5, 5.41) is 0. The summed E-state index contributed by atoms with van der Waals surface area (Å²) in [5.74, 6) is -0.423. The fourth-order valence-corrected chi connectivity index (χ4v) is 7.14. The minimum absolute atomic E-state index is 0.0807. The largest absolute Gasteiger partial charge is 0.479 e. The van der Waals surface area contributed by atoms with Crippen LogP contribution in [-0.4, -0.2) is 69.3 Å². The first-order chi connectivity index (χ1) is 18.7. The normalized spacial score (nSPS) is 24.9. The van der Waals surface area contributed by atoms with Gasteiger partial charge in [-0.3, -0.25) is 13.8 Å². The third kappa shape index (κ3) is 15.3. The van der Waals surface area contributed by atoms with Crippen molar-refractivity contribution in [3.05, 3.63) is 0 Å². The highest BCUT2D eigenvalue weighted by molar-refractivity contribution is 7.48. The van der Waals surface area contributed by atoms with E-state index in [9.17, 15) is 9.36 Å². The molecule has 0 radical (unpaired) electrons. The number of esters is 1. The molecule has 2 fully saturated rings. The topological polar surface area (TPSA) is 80.3 Å². The molecule has 0 aromatic heterocycles. The maximum absolute atomic E-state index is 13.1. The third-order valence-electron chi connectivity index (χ3n) is 8.00. The Bertz CT molecular complexity index is 705. The zero-order chi connectivity index (χ0) is 28.4. The van der Waals surface area contributed by atoms with Gasteiger partial charge in [-0.2, -0.15) is 0 Å². The van der Waals surface area contributed by atoms with Gasteiger partial charge in [-0.05, 0) is 6.42 Å². The first kappa shape index (κ1) is 34.7. The second-order valence-corrected chi connectivity index (χ2v) is 13.7. The number of rotatable bonds is 23. The molecule has 0 N–H and O–H groups in total. The molecule has 0 amide bonds. The van der Waals surface area contributed by atoms with Gasteiger partial charge in [0, 0.05) is 20.0 Å². The van der Waals surface area contributed by atoms with E-state index in [1.54, 1.807) is 0 Å². The first-order valence-electron chi connectivity index (χ1n) is 15.9. The van der Waals surface area contributed by atoms with Crippen LogP contribution < -0.4 is 0 Å². The summed E-state index contributed by atoms with van der Waals surface area (Å²) in [6, 6.07) is 0. The van der Waals surface area contributed by atoms with Gasteiger partial charge in [0.25, 0.3) is 0 Å². The Morgan fingerprint density at radius 3 is 1.92 bits per heavy atom. The number of hydrogen-bond acceptors (Lipinski definition) is 7. The number of unbranched alkanes of at least 4 members (excludes halogenated alkanes) is 15. The minimum atomic E-state index is -3.71. The molecule has 2 saturated heterocycles. The second kappa shape index (κ2) is 19.6. The van der Waals surface area contributed by atoms with Gasteiger partial charge in [0.05, 0.1) is 46.4 Å². The molecular formula is C30H59NO7P+. The Morgan fingerprint density at radius 1 is 0.846 bits per heavy atom. The molecule has 9 heteroatoms. The SMILES string of the molecule is CCCCCCCCCCCCCCCCCCOCC(COP1(=O)OC2CC[N+](C)(C)C(C2)O1)OC(C)=O. The van der Waals surface area contributed by atoms with Crippen molar-refractivity contribution in [3.63, 3.8) is 0 Å². The van der Waals surface area contributed by atoms with E-state index in [0.717, 1.165) is 25.8 Å². The predicted molar refractivity (Wildman–Crippen MR) is 155 cm³/mol. The number of carbonyl (C=O) groups is 1. The molecule has 2 aliphatic rings. The van der Waals surface area contributed by atoms with Crippen molar-refractivity contribution in [3.8, 4) is 0 Å². The van der Waals surface area contributed by atoms with Crippen molar-refractivity contribution in [1.29, 1.82) is 0 Å². The number of fused-ring (bicyclic) bond motifs is 2. The standard InChI is InChI=1S/C30H59NO7P/c1-5-6-7-8-9-10-11-12-13-14-15-16-17-18-19-20-23-34-25-29(36-27(2)32)26-35-39(33)37-28-21-22-31(3,4)30(24-28)38-39/h28-30H,5-26H2,1-4H3/q+1. The van der Waals surface area contributed by atoms with E-state index in [1.807, 2.05) is 0 Å². The van der Waals surface area contributed by atoms with Crippen molar-refractivity contribution in [2.45, 2.75) is 148 Å². The number of carbonyl (C=O) groups excluding carboxylic acids is 1. The van der Waals surface area contributed by atoms with Crippen molar-refractivity contribution in [2.75, 3.05) is 40.5 Å². The van der Waals surface area contributed by atoms with Gasteiger partial charge >= 0.3 is 13.8 Å². The first-order valence-corrected chi connectivity index (χ1v) is 17.4. The summed E-state index contributed by atoms with van der Waals surface area (Å²) < 4.78 is 41.8. The highest BCUT2D eigenvalue weighted by Crippen LogP contribution is 2.58. The van der Waals surface area contributed by atoms with Crippen LogP contribution in [0, 0.1) is 0 Å². The van der Waals surface area contributed by atoms with E-state index < -0.39 is 19.9 Å². The van der Waals surface area contributed by atoms with Crippen LogP contribution in [0.4, 0.5) is 0 Å². The molecule has 0 aromatic carbocycles. The fraction of sp³-hybridized carbons (Fsp3) is 0.967. The molecule has 0 aliphatic carbocycles. The van der Waals surface area contributed by atoms with Gasteiger partial charge < -0.3 is 14.0 Å². The summed E-state index contributed by atoms with van der Waals surface area (Å²) in [5.41, 5.74) is 0. The molecule has 0 saturated carbocycles. The molecule has 4 unspecified atom stereocenters. The lowest BCUT2D eigenvalue weighted by atomic mass is 10.0. The van der Waals surface area contributed by atoms with Gasteiger partial charge in [0.2, 0.25) is 6.23 Å². The number of phosphoric ester groups is 1. The lowest BCUT2D eigenvalue weighted by Crippen LogP contribution is -2.58. The number of piperidine rings is 1. The average Bonchev–Trinajstić information content (AvgIpc) is 2.88. The molecule has 2 rings (SSSR count). The smallest absolute Gasteiger partial charge is 0.458 e. The van der Waals surface area contributed by atoms with Gasteiger partial charge in [0.1, 0.15) is 6.10 Å². The summed E-state index contributed by atoms with van der Waals surface area (Å²) in [4.78, 5) is 11.6. The Kier molecular flexibility index (Phi) is 17.4. The van der Waals surface area contributed by atoms with Gasteiger partial charge in [-0.25, -0.2) is 9.09 Å². The monoisotopic (exact) mass is 576 g/mol. The van der Waals surface area contributed by atoms with E-state index in [-0.39, 0.29) is 25.5 Å². The van der Waals surface area contributed by atoms with Crippen LogP contribution in [0.3, 0.4) is 0 Å². The maximum atomic E-state index is 13.1. The van der Waals surface area contributed by atoms with Crippen LogP contribution in [0.2, 0.25) is 0 Å². The quantitative estimate of drug-likeness (QED) is 0.0529. The van der Waals surface area contributed by atoms with Gasteiger partial charge in [-0.15, -0.1) is 0 Å². The Hall–Kier alpha value is -0.500. The molecule has 39 heavy (non-hydrogen) atoms. The van der Waals surface area contributed by atoms with Crippen molar-refractivity contribution in [2.24, 2.45) is 0 Å². The summed E-state index contributed by atoms with van der Waals surface area (Å²) >= 11 is 0. The van der Waals surface area contributed by atoms with Crippen LogP contribution in [-0.2, 0) is 32.4 Å². The highest BCUT2D eigenvalue weighted by Gasteiger charge is 2.50. The number of nitrogens with zero attached hydrogens (tertiary/aromatic N) is 1. The molecule has 2 heterocycles. The van der Waals surface area contributed by atoms with E-state index in [0.29, 0.717) is 17.5 Å². The average molecular weight is 577 g/mol. The molecule has 0 aromatic rings. The number of likely N-dealkylation sites (tertiary alicyclic amines) is 1. The Balaban J connectivity index is 1.46. The van der Waals surface area contributed by atoms with Crippen LogP contribution in [0.15, 0.2) is 0 Å². The second-order valence-electron chi connectivity index (χ2n) is 12.2. The number of ether oxygens (including phenoxy) is 2. The predicted octanol–water partition coefficient (Wildman–Crippen LogP) is 7.93. The van der Waals surface area contributed by atoms with Crippen molar-refractivity contribution >= 4 is 13.8 Å². The third-order valence-corrected chi connectivity index (χ3v) is 9.52. The van der Waals surface area contributed by atoms with Gasteiger partial charge in [0.15, 0.2) is 0 Å². The van der Waals surface area contributed by atoms with Crippen LogP contribution in [0.25, 0.3) is 0 Å².